The number of carbonyl (C=O) groups is 1. The maximum atomic E-state index is 11.3. The van der Waals surface area contributed by atoms with E-state index >= 15 is 0 Å². The molecule has 96 valence electrons. The van der Waals surface area contributed by atoms with E-state index in [4.69, 9.17) is 4.74 Å². The number of rotatable bonds is 8. The summed E-state index contributed by atoms with van der Waals surface area (Å²) in [6.07, 6.45) is 1.82. The molecule has 0 aliphatic rings. The molecule has 0 aromatic rings. The Labute approximate surface area is 104 Å². The van der Waals surface area contributed by atoms with Crippen molar-refractivity contribution in [2.24, 2.45) is 5.92 Å². The minimum absolute atomic E-state index is 0.166. The monoisotopic (exact) mass is 248 g/mol. The summed E-state index contributed by atoms with van der Waals surface area (Å²) in [5.74, 6) is 0.739. The van der Waals surface area contributed by atoms with Crippen LogP contribution in [-0.4, -0.2) is 29.0 Å². The van der Waals surface area contributed by atoms with Crippen molar-refractivity contribution < 1.29 is 14.6 Å². The first-order valence-electron chi connectivity index (χ1n) is 5.97. The van der Waals surface area contributed by atoms with E-state index in [0.29, 0.717) is 24.5 Å². The Bertz CT molecular complexity index is 195. The van der Waals surface area contributed by atoms with Crippen LogP contribution in [0.4, 0.5) is 0 Å². The second-order valence-electron chi connectivity index (χ2n) is 4.51. The molecule has 0 radical (unpaired) electrons. The third-order valence-corrected chi connectivity index (χ3v) is 2.57. The Balaban J connectivity index is 3.94. The highest BCUT2D eigenvalue weighted by Gasteiger charge is 2.17. The van der Waals surface area contributed by atoms with Gasteiger partial charge in [0.1, 0.15) is 6.10 Å². The molecule has 0 amide bonds. The van der Waals surface area contributed by atoms with Gasteiger partial charge in [0.25, 0.3) is 0 Å². The summed E-state index contributed by atoms with van der Waals surface area (Å²) in [6.45, 7) is 6.09. The number of hydrogen-bond acceptors (Lipinski definition) is 4. The Kier molecular flexibility index (Phi) is 8.76. The molecule has 0 bridgehead atoms. The molecule has 1 N–H and O–H groups in total. The lowest BCUT2D eigenvalue weighted by atomic mass is 10.0. The van der Waals surface area contributed by atoms with Gasteiger partial charge in [-0.25, -0.2) is 0 Å². The maximum Gasteiger partial charge on any atom is 0.306 e. The molecule has 3 nitrogen and oxygen atoms in total. The fraction of sp³-hybridized carbons (Fsp3) is 0.917. The van der Waals surface area contributed by atoms with Crippen molar-refractivity contribution >= 4 is 18.6 Å². The molecule has 0 aromatic heterocycles. The summed E-state index contributed by atoms with van der Waals surface area (Å²) in [5.41, 5.74) is 0. The second kappa shape index (κ2) is 8.88. The molecular formula is C12H24O3S. The van der Waals surface area contributed by atoms with Crippen molar-refractivity contribution in [1.82, 2.24) is 0 Å². The van der Waals surface area contributed by atoms with Crippen LogP contribution in [0.2, 0.25) is 0 Å². The molecule has 0 fully saturated rings. The van der Waals surface area contributed by atoms with Crippen LogP contribution >= 0.6 is 12.6 Å². The lowest BCUT2D eigenvalue weighted by molar-refractivity contribution is -0.150. The molecule has 4 heteroatoms. The summed E-state index contributed by atoms with van der Waals surface area (Å²) >= 11 is 3.98. The first kappa shape index (κ1) is 15.8. The van der Waals surface area contributed by atoms with Gasteiger partial charge in [-0.3, -0.25) is 4.79 Å². The largest absolute Gasteiger partial charge is 0.462 e. The van der Waals surface area contributed by atoms with E-state index in [1.807, 2.05) is 6.92 Å². The number of esters is 1. The molecular weight excluding hydrogens is 224 g/mol. The predicted octanol–water partition coefficient (Wildman–Crippen LogP) is 2.43. The Morgan fingerprint density at radius 1 is 1.38 bits per heavy atom. The van der Waals surface area contributed by atoms with Crippen molar-refractivity contribution in [3.8, 4) is 0 Å². The van der Waals surface area contributed by atoms with Gasteiger partial charge >= 0.3 is 5.97 Å². The fourth-order valence-electron chi connectivity index (χ4n) is 1.58. The molecule has 0 spiro atoms. The molecule has 0 aliphatic heterocycles. The lowest BCUT2D eigenvalue weighted by Crippen LogP contribution is -2.24. The van der Waals surface area contributed by atoms with Gasteiger partial charge in [-0.15, -0.1) is 0 Å². The molecule has 0 heterocycles. The predicted molar refractivity (Wildman–Crippen MR) is 68.7 cm³/mol. The number of aliphatic hydroxyl groups is 1. The van der Waals surface area contributed by atoms with Crippen molar-refractivity contribution in [1.29, 1.82) is 0 Å². The van der Waals surface area contributed by atoms with Crippen LogP contribution in [0.5, 0.6) is 0 Å². The van der Waals surface area contributed by atoms with Crippen molar-refractivity contribution in [3.05, 3.63) is 0 Å². The summed E-state index contributed by atoms with van der Waals surface area (Å²) in [4.78, 5) is 11.3. The van der Waals surface area contributed by atoms with Crippen molar-refractivity contribution in [2.75, 3.05) is 5.75 Å². The first-order valence-corrected chi connectivity index (χ1v) is 6.61. The average molecular weight is 248 g/mol. The average Bonchev–Trinajstić information content (AvgIpc) is 2.15. The van der Waals surface area contributed by atoms with E-state index in [1.165, 1.54) is 0 Å². The number of carbonyl (C=O) groups excluding carboxylic acids is 1. The van der Waals surface area contributed by atoms with Gasteiger partial charge in [0.2, 0.25) is 0 Å². The number of hydrogen-bond donors (Lipinski definition) is 2. The maximum absolute atomic E-state index is 11.3. The van der Waals surface area contributed by atoms with Gasteiger partial charge in [0.15, 0.2) is 0 Å². The summed E-state index contributed by atoms with van der Waals surface area (Å²) in [6, 6.07) is 0. The summed E-state index contributed by atoms with van der Waals surface area (Å²) < 4.78 is 5.24. The summed E-state index contributed by atoms with van der Waals surface area (Å²) in [7, 11) is 0. The smallest absolute Gasteiger partial charge is 0.306 e. The van der Waals surface area contributed by atoms with Crippen LogP contribution in [0.25, 0.3) is 0 Å². The van der Waals surface area contributed by atoms with Gasteiger partial charge in [-0.2, -0.15) is 12.6 Å². The van der Waals surface area contributed by atoms with Crippen LogP contribution in [0.3, 0.4) is 0 Å². The van der Waals surface area contributed by atoms with Gasteiger partial charge in [-0.1, -0.05) is 20.8 Å². The molecule has 0 rings (SSSR count). The van der Waals surface area contributed by atoms with E-state index in [2.05, 4.69) is 26.5 Å². The van der Waals surface area contributed by atoms with Crippen LogP contribution in [0.1, 0.15) is 46.5 Å². The third kappa shape index (κ3) is 7.99. The van der Waals surface area contributed by atoms with Crippen LogP contribution in [-0.2, 0) is 9.53 Å². The van der Waals surface area contributed by atoms with E-state index in [0.717, 1.165) is 12.8 Å². The van der Waals surface area contributed by atoms with E-state index in [9.17, 15) is 9.90 Å². The molecule has 2 atom stereocenters. The Morgan fingerprint density at radius 2 is 2.00 bits per heavy atom. The molecule has 0 saturated heterocycles. The third-order valence-electron chi connectivity index (χ3n) is 2.35. The molecule has 0 aromatic carbocycles. The van der Waals surface area contributed by atoms with Crippen molar-refractivity contribution in [2.45, 2.75) is 58.7 Å². The fourth-order valence-corrected chi connectivity index (χ4v) is 1.76. The molecule has 0 aliphatic carbocycles. The van der Waals surface area contributed by atoms with Crippen LogP contribution in [0.15, 0.2) is 0 Å². The highest BCUT2D eigenvalue weighted by Crippen LogP contribution is 2.14. The Morgan fingerprint density at radius 3 is 2.44 bits per heavy atom. The lowest BCUT2D eigenvalue weighted by Gasteiger charge is -2.20. The quantitative estimate of drug-likeness (QED) is 0.512. The van der Waals surface area contributed by atoms with E-state index < -0.39 is 0 Å². The zero-order valence-electron chi connectivity index (χ0n) is 10.5. The molecule has 16 heavy (non-hydrogen) atoms. The normalized spacial score (nSPS) is 14.9. The van der Waals surface area contributed by atoms with Gasteiger partial charge in [0, 0.05) is 12.2 Å². The number of thiol groups is 1. The Hall–Kier alpha value is -0.220. The minimum Gasteiger partial charge on any atom is -0.462 e. The van der Waals surface area contributed by atoms with Gasteiger partial charge < -0.3 is 9.84 Å². The molecule has 2 unspecified atom stereocenters. The zero-order valence-corrected chi connectivity index (χ0v) is 11.4. The van der Waals surface area contributed by atoms with Gasteiger partial charge in [0.05, 0.1) is 12.5 Å². The van der Waals surface area contributed by atoms with Gasteiger partial charge in [-0.05, 0) is 18.8 Å². The highest BCUT2D eigenvalue weighted by atomic mass is 32.1. The SMILES string of the molecule is CCC(CC(O)CC(C)C)OC(=O)CCS. The number of ether oxygens (including phenoxy) is 1. The highest BCUT2D eigenvalue weighted by molar-refractivity contribution is 7.80. The van der Waals surface area contributed by atoms with Crippen molar-refractivity contribution in [3.63, 3.8) is 0 Å². The van der Waals surface area contributed by atoms with Crippen LogP contribution < -0.4 is 0 Å². The van der Waals surface area contributed by atoms with E-state index in [1.54, 1.807) is 0 Å². The minimum atomic E-state index is -0.381. The topological polar surface area (TPSA) is 46.5 Å². The zero-order chi connectivity index (χ0) is 12.6. The van der Waals surface area contributed by atoms with E-state index in [-0.39, 0.29) is 18.2 Å². The first-order chi connectivity index (χ1) is 7.49. The van der Waals surface area contributed by atoms with Crippen LogP contribution in [0, 0.1) is 5.92 Å². The molecule has 0 saturated carbocycles. The standard InChI is InChI=1S/C12H24O3S/c1-4-11(15-12(14)5-6-16)8-10(13)7-9(2)3/h9-11,13,16H,4-8H2,1-3H3. The second-order valence-corrected chi connectivity index (χ2v) is 4.96. The summed E-state index contributed by atoms with van der Waals surface area (Å²) in [5, 5.41) is 9.76. The number of aliphatic hydroxyl groups excluding tert-OH is 1.